The lowest BCUT2D eigenvalue weighted by Crippen LogP contribution is -2.27. The highest BCUT2D eigenvalue weighted by Crippen LogP contribution is 2.24. The van der Waals surface area contributed by atoms with E-state index >= 15 is 0 Å². The first kappa shape index (κ1) is 18.5. The van der Waals surface area contributed by atoms with Crippen LogP contribution in [0.25, 0.3) is 11.4 Å². The molecular formula is C21H22N4O2. The van der Waals surface area contributed by atoms with Gasteiger partial charge in [-0.2, -0.15) is 0 Å². The van der Waals surface area contributed by atoms with E-state index in [1.165, 1.54) is 0 Å². The summed E-state index contributed by atoms with van der Waals surface area (Å²) in [4.78, 5) is 27.4. The molecule has 0 spiro atoms. The number of aromatic nitrogens is 3. The maximum atomic E-state index is 12.7. The first-order valence-electron chi connectivity index (χ1n) is 8.63. The predicted molar refractivity (Wildman–Crippen MR) is 104 cm³/mol. The number of rotatable bonds is 5. The molecule has 2 aromatic heterocycles. The van der Waals surface area contributed by atoms with Gasteiger partial charge in [0, 0.05) is 42.3 Å². The van der Waals surface area contributed by atoms with Gasteiger partial charge < -0.3 is 9.64 Å². The smallest absolute Gasteiger partial charge is 0.257 e. The molecule has 0 aliphatic heterocycles. The van der Waals surface area contributed by atoms with Crippen LogP contribution < -0.4 is 4.74 Å². The van der Waals surface area contributed by atoms with Gasteiger partial charge in [0.15, 0.2) is 5.82 Å². The van der Waals surface area contributed by atoms with E-state index in [1.54, 1.807) is 37.6 Å². The van der Waals surface area contributed by atoms with Crippen LogP contribution in [0.4, 0.5) is 0 Å². The van der Waals surface area contributed by atoms with Gasteiger partial charge in [-0.05, 0) is 13.8 Å². The van der Waals surface area contributed by atoms with E-state index in [9.17, 15) is 4.79 Å². The lowest BCUT2D eigenvalue weighted by molar-refractivity contribution is 0.0782. The topological polar surface area (TPSA) is 68.2 Å². The molecule has 6 heteroatoms. The second-order valence-corrected chi connectivity index (χ2v) is 6.37. The minimum atomic E-state index is -0.157. The molecule has 6 nitrogen and oxygen atoms in total. The number of pyridine rings is 1. The van der Waals surface area contributed by atoms with Crippen molar-refractivity contribution >= 4 is 5.91 Å². The molecular weight excluding hydrogens is 340 g/mol. The molecule has 0 atom stereocenters. The summed E-state index contributed by atoms with van der Waals surface area (Å²) in [7, 11) is 3.38. The number of ether oxygens (including phenoxy) is 1. The van der Waals surface area contributed by atoms with Gasteiger partial charge in [-0.25, -0.2) is 9.97 Å². The van der Waals surface area contributed by atoms with Crippen LogP contribution in [0, 0.1) is 13.8 Å². The van der Waals surface area contributed by atoms with Crippen molar-refractivity contribution < 1.29 is 9.53 Å². The van der Waals surface area contributed by atoms with E-state index in [1.807, 2.05) is 44.2 Å². The van der Waals surface area contributed by atoms with Crippen molar-refractivity contribution in [2.75, 3.05) is 14.2 Å². The molecule has 0 bridgehead atoms. The van der Waals surface area contributed by atoms with Crippen LogP contribution >= 0.6 is 0 Å². The molecule has 0 fully saturated rings. The average Bonchev–Trinajstić information content (AvgIpc) is 2.70. The van der Waals surface area contributed by atoms with E-state index < -0.39 is 0 Å². The van der Waals surface area contributed by atoms with Gasteiger partial charge in [-0.3, -0.25) is 9.78 Å². The van der Waals surface area contributed by atoms with Gasteiger partial charge in [0.2, 0.25) is 0 Å². The van der Waals surface area contributed by atoms with Crippen molar-refractivity contribution in [3.63, 3.8) is 0 Å². The molecule has 0 N–H and O–H groups in total. The molecule has 1 amide bonds. The minimum absolute atomic E-state index is 0.157. The molecule has 0 aliphatic carbocycles. The Bertz CT molecular complexity index is 940. The van der Waals surface area contributed by atoms with Crippen LogP contribution in [0.2, 0.25) is 0 Å². The summed E-state index contributed by atoms with van der Waals surface area (Å²) in [5.74, 6) is 1.24. The van der Waals surface area contributed by atoms with Crippen molar-refractivity contribution in [3.8, 4) is 17.1 Å². The normalized spacial score (nSPS) is 10.5. The summed E-state index contributed by atoms with van der Waals surface area (Å²) < 4.78 is 5.43. The molecule has 138 valence electrons. The molecule has 0 unspecified atom stereocenters. The van der Waals surface area contributed by atoms with Crippen LogP contribution in [0.3, 0.4) is 0 Å². The largest absolute Gasteiger partial charge is 0.496 e. The zero-order valence-corrected chi connectivity index (χ0v) is 15.9. The average molecular weight is 362 g/mol. The molecule has 0 saturated heterocycles. The number of nitrogens with zero attached hydrogens (tertiary/aromatic N) is 4. The summed E-state index contributed by atoms with van der Waals surface area (Å²) in [6.45, 7) is 4.27. The molecule has 0 aliphatic rings. The number of carbonyl (C=O) groups is 1. The quantitative estimate of drug-likeness (QED) is 0.695. The highest BCUT2D eigenvalue weighted by molar-refractivity contribution is 5.93. The highest BCUT2D eigenvalue weighted by Gasteiger charge is 2.17. The molecule has 0 radical (unpaired) electrons. The molecule has 3 rings (SSSR count). The number of hydrogen-bond donors (Lipinski definition) is 0. The van der Waals surface area contributed by atoms with Crippen molar-refractivity contribution in [3.05, 3.63) is 71.3 Å². The van der Waals surface area contributed by atoms with Gasteiger partial charge in [0.05, 0.1) is 24.9 Å². The second-order valence-electron chi connectivity index (χ2n) is 6.37. The summed E-state index contributed by atoms with van der Waals surface area (Å²) >= 11 is 0. The fourth-order valence-corrected chi connectivity index (χ4v) is 2.92. The first-order chi connectivity index (χ1) is 13.0. The Kier molecular flexibility index (Phi) is 5.45. The van der Waals surface area contributed by atoms with Crippen molar-refractivity contribution in [1.82, 2.24) is 19.9 Å². The Morgan fingerprint density at radius 2 is 1.70 bits per heavy atom. The SMILES string of the molecule is COc1c(C)cnc(CN(C)C(=O)c2cnc(-c3ccccc3)nc2)c1C. The highest BCUT2D eigenvalue weighted by atomic mass is 16.5. The van der Waals surface area contributed by atoms with Crippen LogP contribution in [0.15, 0.2) is 48.9 Å². The van der Waals surface area contributed by atoms with E-state index in [-0.39, 0.29) is 5.91 Å². The molecule has 1 aromatic carbocycles. The van der Waals surface area contributed by atoms with E-state index in [4.69, 9.17) is 4.74 Å². The number of hydrogen-bond acceptors (Lipinski definition) is 5. The maximum absolute atomic E-state index is 12.7. The number of benzene rings is 1. The first-order valence-corrected chi connectivity index (χ1v) is 8.63. The van der Waals surface area contributed by atoms with Gasteiger partial charge in [0.25, 0.3) is 5.91 Å². The summed E-state index contributed by atoms with van der Waals surface area (Å²) in [5.41, 5.74) is 4.06. The lowest BCUT2D eigenvalue weighted by Gasteiger charge is -2.19. The fraction of sp³-hybridized carbons (Fsp3) is 0.238. The van der Waals surface area contributed by atoms with E-state index in [2.05, 4.69) is 15.0 Å². The van der Waals surface area contributed by atoms with Crippen molar-refractivity contribution in [1.29, 1.82) is 0 Å². The van der Waals surface area contributed by atoms with Gasteiger partial charge in [-0.15, -0.1) is 0 Å². The van der Waals surface area contributed by atoms with Crippen molar-refractivity contribution in [2.45, 2.75) is 20.4 Å². The maximum Gasteiger partial charge on any atom is 0.257 e. The third-order valence-electron chi connectivity index (χ3n) is 4.41. The molecule has 3 aromatic rings. The van der Waals surface area contributed by atoms with Gasteiger partial charge in [-0.1, -0.05) is 30.3 Å². The van der Waals surface area contributed by atoms with Crippen LogP contribution in [-0.2, 0) is 6.54 Å². The molecule has 27 heavy (non-hydrogen) atoms. The second kappa shape index (κ2) is 7.95. The Hall–Kier alpha value is -3.28. The molecule has 2 heterocycles. The third kappa shape index (κ3) is 3.95. The summed E-state index contributed by atoms with van der Waals surface area (Å²) in [5, 5.41) is 0. The Balaban J connectivity index is 1.76. The zero-order valence-electron chi connectivity index (χ0n) is 15.9. The Morgan fingerprint density at radius 1 is 1.04 bits per heavy atom. The van der Waals surface area contributed by atoms with E-state index in [0.29, 0.717) is 17.9 Å². The van der Waals surface area contributed by atoms with Crippen LogP contribution in [0.5, 0.6) is 5.75 Å². The fourth-order valence-electron chi connectivity index (χ4n) is 2.92. The number of amides is 1. The number of aryl methyl sites for hydroxylation is 1. The van der Waals surface area contributed by atoms with E-state index in [0.717, 1.165) is 28.1 Å². The summed E-state index contributed by atoms with van der Waals surface area (Å²) in [6.07, 6.45) is 4.88. The van der Waals surface area contributed by atoms with Crippen molar-refractivity contribution in [2.24, 2.45) is 0 Å². The molecule has 0 saturated carbocycles. The minimum Gasteiger partial charge on any atom is -0.496 e. The standard InChI is InChI=1S/C21H22N4O2/c1-14-10-22-18(15(2)19(14)27-4)13-25(3)21(26)17-11-23-20(24-12-17)16-8-6-5-7-9-16/h5-12H,13H2,1-4H3. The van der Waals surface area contributed by atoms with Gasteiger partial charge >= 0.3 is 0 Å². The van der Waals surface area contributed by atoms with Crippen LogP contribution in [-0.4, -0.2) is 39.9 Å². The Labute approximate surface area is 158 Å². The van der Waals surface area contributed by atoms with Crippen LogP contribution in [0.1, 0.15) is 27.2 Å². The predicted octanol–water partition coefficient (Wildman–Crippen LogP) is 3.44. The summed E-state index contributed by atoms with van der Waals surface area (Å²) in [6, 6.07) is 9.66. The monoisotopic (exact) mass is 362 g/mol. The zero-order chi connectivity index (χ0) is 19.4. The Morgan fingerprint density at radius 3 is 2.33 bits per heavy atom. The van der Waals surface area contributed by atoms with Gasteiger partial charge in [0.1, 0.15) is 5.75 Å². The third-order valence-corrected chi connectivity index (χ3v) is 4.41. The lowest BCUT2D eigenvalue weighted by atomic mass is 10.1. The number of methoxy groups -OCH3 is 1. The number of carbonyl (C=O) groups excluding carboxylic acids is 1.